The van der Waals surface area contributed by atoms with E-state index in [9.17, 15) is 14.4 Å². The molecule has 5 aromatic heterocycles. The lowest BCUT2D eigenvalue weighted by Crippen LogP contribution is -2.36. The molecule has 48 heavy (non-hydrogen) atoms. The molecule has 5 heterocycles. The molecule has 5 rings (SSSR count). The third-order valence-electron chi connectivity index (χ3n) is 6.42. The van der Waals surface area contributed by atoms with Crippen molar-refractivity contribution in [3.63, 3.8) is 0 Å². The highest BCUT2D eigenvalue weighted by molar-refractivity contribution is 7.14. The number of amides is 1. The van der Waals surface area contributed by atoms with Gasteiger partial charge >= 0.3 is 18.0 Å². The Morgan fingerprint density at radius 3 is 1.94 bits per heavy atom. The van der Waals surface area contributed by atoms with Crippen LogP contribution in [0.5, 0.6) is 0 Å². The largest absolute Gasteiger partial charge is 0.461 e. The smallest absolute Gasteiger partial charge is 0.408 e. The van der Waals surface area contributed by atoms with E-state index in [1.54, 1.807) is 30.7 Å². The summed E-state index contributed by atoms with van der Waals surface area (Å²) in [5.74, 6) is -0.943. The summed E-state index contributed by atoms with van der Waals surface area (Å²) in [6.45, 7) is 13.4. The number of nitrogens with one attached hydrogen (secondary N) is 1. The van der Waals surface area contributed by atoms with E-state index < -0.39 is 23.6 Å². The quantitative estimate of drug-likeness (QED) is 0.104. The van der Waals surface area contributed by atoms with Crippen LogP contribution in [0.15, 0.2) is 33.7 Å². The van der Waals surface area contributed by atoms with Crippen LogP contribution in [0.2, 0.25) is 0 Å². The number of carbonyl (C=O) groups is 3. The Labute approximate surface area is 293 Å². The Morgan fingerprint density at radius 1 is 0.729 bits per heavy atom. The average molecular weight is 727 g/mol. The molecule has 0 aromatic carbocycles. The number of pyridine rings is 1. The zero-order valence-corrected chi connectivity index (χ0v) is 30.6. The molecule has 0 unspecified atom stereocenters. The summed E-state index contributed by atoms with van der Waals surface area (Å²) in [5.41, 5.74) is 2.76. The molecule has 16 heteroatoms. The van der Waals surface area contributed by atoms with Gasteiger partial charge in [-0.2, -0.15) is 0 Å². The first kappa shape index (κ1) is 35.2. The number of carbonyl (C=O) groups excluding carboxylic acids is 3. The fourth-order valence-electron chi connectivity index (χ4n) is 4.31. The molecule has 0 aliphatic carbocycles. The predicted molar refractivity (Wildman–Crippen MR) is 188 cm³/mol. The van der Waals surface area contributed by atoms with Crippen LogP contribution in [0.3, 0.4) is 0 Å². The molecule has 0 aliphatic heterocycles. The lowest BCUT2D eigenvalue weighted by Gasteiger charge is -2.24. The van der Waals surface area contributed by atoms with Gasteiger partial charge in [0.25, 0.3) is 0 Å². The molecule has 252 valence electrons. The van der Waals surface area contributed by atoms with Gasteiger partial charge in [0.2, 0.25) is 0 Å². The molecular formula is C32H34N6O6S4. The minimum Gasteiger partial charge on any atom is -0.461 e. The molecule has 1 atom stereocenters. The van der Waals surface area contributed by atoms with E-state index >= 15 is 0 Å². The number of aromatic nitrogens is 5. The molecule has 1 amide bonds. The fraction of sp³-hybridized carbons (Fsp3) is 0.375. The van der Waals surface area contributed by atoms with Gasteiger partial charge < -0.3 is 19.5 Å². The molecule has 0 saturated carbocycles. The number of alkyl carbamates (subject to hydrolysis) is 1. The number of thiazole rings is 4. The second-order valence-electron chi connectivity index (χ2n) is 11.6. The maximum absolute atomic E-state index is 12.6. The predicted octanol–water partition coefficient (Wildman–Crippen LogP) is 8.15. The molecule has 0 spiro atoms. The van der Waals surface area contributed by atoms with E-state index in [0.717, 1.165) is 5.01 Å². The molecule has 0 radical (unpaired) electrons. The second-order valence-corrected chi connectivity index (χ2v) is 15.1. The molecule has 0 bridgehead atoms. The van der Waals surface area contributed by atoms with Crippen LogP contribution < -0.4 is 5.32 Å². The van der Waals surface area contributed by atoms with Crippen LogP contribution in [0.4, 0.5) is 4.79 Å². The molecule has 1 N–H and O–H groups in total. The standard InChI is InChI=1S/C32H34N6O6S4/c1-8-42-29(39)21-14-45-25(36-21)17-10-11-18(26-37-22(15-47-26)30(40)43-9-2)33-24(17)19-12-46-27(34-19)20-13-48-28(35-20)23(16(3)4)38-31(41)44-32(5,6)7/h10-16,23H,8-9H2,1-7H3,(H,38,41)/t23-/m0/s1. The van der Waals surface area contributed by atoms with Crippen molar-refractivity contribution >= 4 is 63.4 Å². The van der Waals surface area contributed by atoms with Crippen molar-refractivity contribution in [2.75, 3.05) is 13.2 Å². The maximum atomic E-state index is 12.6. The second kappa shape index (κ2) is 15.0. The third-order valence-corrected chi connectivity index (χ3v) is 9.95. The monoisotopic (exact) mass is 726 g/mol. The first-order valence-electron chi connectivity index (χ1n) is 15.0. The Morgan fingerprint density at radius 2 is 1.31 bits per heavy atom. The minimum absolute atomic E-state index is 0.0610. The summed E-state index contributed by atoms with van der Waals surface area (Å²) in [6, 6.07) is 3.30. The van der Waals surface area contributed by atoms with Crippen LogP contribution in [-0.2, 0) is 14.2 Å². The minimum atomic E-state index is -0.622. The fourth-order valence-corrected chi connectivity index (χ4v) is 7.75. The summed E-state index contributed by atoms with van der Waals surface area (Å²) >= 11 is 5.41. The average Bonchev–Trinajstić information content (AvgIpc) is 3.85. The van der Waals surface area contributed by atoms with Gasteiger partial charge in [0.05, 0.1) is 24.9 Å². The maximum Gasteiger partial charge on any atom is 0.408 e. The van der Waals surface area contributed by atoms with Crippen LogP contribution in [0, 0.1) is 5.92 Å². The van der Waals surface area contributed by atoms with Crippen LogP contribution in [0.1, 0.15) is 80.5 Å². The summed E-state index contributed by atoms with van der Waals surface area (Å²) < 4.78 is 15.7. The normalized spacial score (nSPS) is 12.2. The van der Waals surface area contributed by atoms with Crippen molar-refractivity contribution in [3.05, 3.63) is 50.0 Å². The van der Waals surface area contributed by atoms with Gasteiger partial charge in [-0.1, -0.05) is 13.8 Å². The number of hydrogen-bond acceptors (Lipinski definition) is 15. The molecule has 0 aliphatic rings. The van der Waals surface area contributed by atoms with Gasteiger partial charge in [0.15, 0.2) is 11.4 Å². The zero-order valence-electron chi connectivity index (χ0n) is 27.4. The lowest BCUT2D eigenvalue weighted by atomic mass is 10.1. The van der Waals surface area contributed by atoms with Gasteiger partial charge in [0, 0.05) is 27.1 Å². The highest BCUT2D eigenvalue weighted by atomic mass is 32.1. The Hall–Kier alpha value is -4.12. The summed E-state index contributed by atoms with van der Waals surface area (Å²) in [6.07, 6.45) is -0.504. The number of hydrogen-bond donors (Lipinski definition) is 1. The van der Waals surface area contributed by atoms with Crippen LogP contribution >= 0.6 is 45.3 Å². The van der Waals surface area contributed by atoms with Crippen molar-refractivity contribution in [3.8, 4) is 43.4 Å². The van der Waals surface area contributed by atoms with Gasteiger partial charge in [-0.15, -0.1) is 45.3 Å². The molecule has 0 saturated heterocycles. The third kappa shape index (κ3) is 8.29. The van der Waals surface area contributed by atoms with E-state index in [1.165, 1.54) is 45.3 Å². The van der Waals surface area contributed by atoms with Gasteiger partial charge in [-0.3, -0.25) is 0 Å². The van der Waals surface area contributed by atoms with Crippen molar-refractivity contribution in [2.45, 2.75) is 60.1 Å². The topological polar surface area (TPSA) is 155 Å². The van der Waals surface area contributed by atoms with Gasteiger partial charge in [-0.05, 0) is 52.7 Å². The summed E-state index contributed by atoms with van der Waals surface area (Å²) in [7, 11) is 0. The van der Waals surface area contributed by atoms with E-state index in [4.69, 9.17) is 29.2 Å². The van der Waals surface area contributed by atoms with Crippen molar-refractivity contribution < 1.29 is 28.6 Å². The first-order chi connectivity index (χ1) is 22.9. The highest BCUT2D eigenvalue weighted by Crippen LogP contribution is 2.38. The van der Waals surface area contributed by atoms with E-state index in [-0.39, 0.29) is 36.6 Å². The van der Waals surface area contributed by atoms with Crippen LogP contribution in [0.25, 0.3) is 43.4 Å². The number of nitrogens with zero attached hydrogens (tertiary/aromatic N) is 5. The van der Waals surface area contributed by atoms with E-state index in [2.05, 4.69) is 15.3 Å². The SMILES string of the molecule is CCOC(=O)c1csc(-c2ccc(-c3nc(C(=O)OCC)cs3)c(-c3csc(-c4csc([C@@H](NC(=O)OC(C)(C)C)C(C)C)n4)n3)n2)n1. The Bertz CT molecular complexity index is 1920. The van der Waals surface area contributed by atoms with Crippen LogP contribution in [-0.4, -0.2) is 61.8 Å². The number of rotatable bonds is 11. The molecule has 5 aromatic rings. The molecule has 12 nitrogen and oxygen atoms in total. The Balaban J connectivity index is 1.50. The number of ether oxygens (including phenoxy) is 3. The zero-order chi connectivity index (χ0) is 34.6. The highest BCUT2D eigenvalue weighted by Gasteiger charge is 2.26. The summed E-state index contributed by atoms with van der Waals surface area (Å²) in [5, 5.41) is 12.5. The molecule has 0 fully saturated rings. The lowest BCUT2D eigenvalue weighted by molar-refractivity contribution is 0.0485. The van der Waals surface area contributed by atoms with Gasteiger partial charge in [0.1, 0.15) is 42.7 Å². The van der Waals surface area contributed by atoms with Crippen molar-refractivity contribution in [1.29, 1.82) is 0 Å². The molecular weight excluding hydrogens is 693 g/mol. The van der Waals surface area contributed by atoms with Crippen molar-refractivity contribution in [1.82, 2.24) is 30.2 Å². The van der Waals surface area contributed by atoms with E-state index in [1.807, 2.05) is 51.4 Å². The Kier molecular flexibility index (Phi) is 11.0. The van der Waals surface area contributed by atoms with Crippen molar-refractivity contribution in [2.24, 2.45) is 5.92 Å². The first-order valence-corrected chi connectivity index (χ1v) is 18.6. The number of esters is 2. The van der Waals surface area contributed by atoms with E-state index in [0.29, 0.717) is 43.4 Å². The summed E-state index contributed by atoms with van der Waals surface area (Å²) in [4.78, 5) is 60.9. The van der Waals surface area contributed by atoms with Gasteiger partial charge in [-0.25, -0.2) is 39.3 Å².